The van der Waals surface area contributed by atoms with Crippen LogP contribution < -0.4 is 16.0 Å². The number of nitrogens with two attached hydrogens (primary N) is 1. The number of carbonyl (C=O) groups is 1. The van der Waals surface area contributed by atoms with Gasteiger partial charge in [-0.1, -0.05) is 11.6 Å². The number of primary amides is 1. The first-order valence-electron chi connectivity index (χ1n) is 7.02. The maximum atomic E-state index is 11.5. The maximum Gasteiger partial charge on any atom is 0.222 e. The number of anilines is 1. The van der Waals surface area contributed by atoms with Gasteiger partial charge in [0.15, 0.2) is 0 Å². The van der Waals surface area contributed by atoms with Crippen molar-refractivity contribution in [2.75, 3.05) is 18.5 Å². The van der Waals surface area contributed by atoms with Crippen LogP contribution in [0.2, 0.25) is 5.02 Å². The zero-order valence-corrected chi connectivity index (χ0v) is 12.8. The Morgan fingerprint density at radius 2 is 2.25 bits per heavy atom. The van der Waals surface area contributed by atoms with Gasteiger partial charge in [0.05, 0.1) is 5.92 Å². The van der Waals surface area contributed by atoms with E-state index in [1.54, 1.807) is 0 Å². The van der Waals surface area contributed by atoms with Gasteiger partial charge < -0.3 is 16.0 Å². The fourth-order valence-electron chi connectivity index (χ4n) is 2.84. The van der Waals surface area contributed by atoms with Gasteiger partial charge in [-0.3, -0.25) is 4.79 Å². The summed E-state index contributed by atoms with van der Waals surface area (Å²) in [6, 6.07) is 6.32. The summed E-state index contributed by atoms with van der Waals surface area (Å²) in [6.07, 6.45) is 1.86. The minimum absolute atomic E-state index is 0.0655. The quantitative estimate of drug-likeness (QED) is 0.895. The molecule has 2 rings (SSSR count). The molecule has 1 saturated heterocycles. The summed E-state index contributed by atoms with van der Waals surface area (Å²) < 4.78 is 0. The van der Waals surface area contributed by atoms with Crippen molar-refractivity contribution in [2.24, 2.45) is 11.7 Å². The van der Waals surface area contributed by atoms with Crippen LogP contribution in [0.15, 0.2) is 18.2 Å². The molecule has 1 amide bonds. The number of hydrogen-bond donors (Lipinski definition) is 2. The molecular formula is C15H22ClN3O. The smallest absolute Gasteiger partial charge is 0.222 e. The Morgan fingerprint density at radius 1 is 1.50 bits per heavy atom. The maximum absolute atomic E-state index is 11.5. The minimum Gasteiger partial charge on any atom is -0.369 e. The van der Waals surface area contributed by atoms with Crippen LogP contribution in [0.25, 0.3) is 0 Å². The van der Waals surface area contributed by atoms with Crippen LogP contribution in [0.1, 0.15) is 25.3 Å². The second-order valence-corrected chi connectivity index (χ2v) is 5.92. The monoisotopic (exact) mass is 295 g/mol. The highest BCUT2D eigenvalue weighted by atomic mass is 35.5. The fourth-order valence-corrected chi connectivity index (χ4v) is 3.04. The van der Waals surface area contributed by atoms with Gasteiger partial charge in [0.25, 0.3) is 0 Å². The number of benzene rings is 1. The van der Waals surface area contributed by atoms with E-state index < -0.39 is 0 Å². The topological polar surface area (TPSA) is 58.4 Å². The Labute approximate surface area is 125 Å². The zero-order chi connectivity index (χ0) is 14.7. The lowest BCUT2D eigenvalue weighted by Crippen LogP contribution is -2.46. The largest absolute Gasteiger partial charge is 0.369 e. The summed E-state index contributed by atoms with van der Waals surface area (Å²) in [5.41, 5.74) is 7.77. The Hall–Kier alpha value is -1.26. The first-order chi connectivity index (χ1) is 9.52. The Bertz CT molecular complexity index is 492. The van der Waals surface area contributed by atoms with Crippen LogP contribution in [0, 0.1) is 5.92 Å². The second kappa shape index (κ2) is 6.46. The Morgan fingerprint density at radius 3 is 2.90 bits per heavy atom. The summed E-state index contributed by atoms with van der Waals surface area (Å²) >= 11 is 6.09. The Kier molecular flexibility index (Phi) is 4.89. The molecule has 1 aliphatic rings. The van der Waals surface area contributed by atoms with Gasteiger partial charge >= 0.3 is 0 Å². The molecule has 0 aliphatic carbocycles. The van der Waals surface area contributed by atoms with E-state index in [2.05, 4.69) is 17.1 Å². The first kappa shape index (κ1) is 15.1. The summed E-state index contributed by atoms with van der Waals surface area (Å²) in [6.45, 7) is 3.63. The molecule has 0 spiro atoms. The minimum atomic E-state index is -0.203. The number of nitrogens with one attached hydrogen (secondary N) is 1. The van der Waals surface area contributed by atoms with Crippen LogP contribution in [0.5, 0.6) is 0 Å². The summed E-state index contributed by atoms with van der Waals surface area (Å²) in [7, 11) is 1.91. The molecule has 1 heterocycles. The average Bonchev–Trinajstić information content (AvgIpc) is 2.40. The molecule has 4 nitrogen and oxygen atoms in total. The number of piperidine rings is 1. The lowest BCUT2D eigenvalue weighted by molar-refractivity contribution is -0.122. The van der Waals surface area contributed by atoms with E-state index in [0.29, 0.717) is 12.6 Å². The molecule has 0 bridgehead atoms. The molecule has 2 atom stereocenters. The van der Waals surface area contributed by atoms with Gasteiger partial charge in [-0.05, 0) is 50.6 Å². The van der Waals surface area contributed by atoms with E-state index in [-0.39, 0.29) is 11.8 Å². The molecule has 0 radical (unpaired) electrons. The average molecular weight is 296 g/mol. The molecule has 3 N–H and O–H groups in total. The third-order valence-corrected chi connectivity index (χ3v) is 4.24. The highest BCUT2D eigenvalue weighted by molar-refractivity contribution is 6.30. The van der Waals surface area contributed by atoms with Crippen LogP contribution in [0.3, 0.4) is 0 Å². The lowest BCUT2D eigenvalue weighted by Gasteiger charge is -2.39. The van der Waals surface area contributed by atoms with Crippen molar-refractivity contribution >= 4 is 23.2 Å². The Balaban J connectivity index is 2.30. The van der Waals surface area contributed by atoms with Crippen molar-refractivity contribution in [3.63, 3.8) is 0 Å². The number of nitrogens with zero attached hydrogens (tertiary/aromatic N) is 1. The first-order valence-corrected chi connectivity index (χ1v) is 7.39. The number of carbonyl (C=O) groups excluding carboxylic acids is 1. The molecule has 20 heavy (non-hydrogen) atoms. The molecule has 1 fully saturated rings. The third kappa shape index (κ3) is 3.25. The van der Waals surface area contributed by atoms with Gasteiger partial charge in [-0.15, -0.1) is 0 Å². The predicted octanol–water partition coefficient (Wildman–Crippen LogP) is 2.15. The van der Waals surface area contributed by atoms with Crippen molar-refractivity contribution in [1.29, 1.82) is 0 Å². The normalized spacial score (nSPS) is 22.9. The number of hydrogen-bond acceptors (Lipinski definition) is 3. The molecule has 5 heteroatoms. The lowest BCUT2D eigenvalue weighted by atomic mass is 9.92. The molecule has 1 aliphatic heterocycles. The SMILES string of the molecule is CNCc1cc(Cl)ccc1N1CC(C(N)=O)CCC1C. The van der Waals surface area contributed by atoms with E-state index in [1.807, 2.05) is 25.2 Å². The van der Waals surface area contributed by atoms with Crippen molar-refractivity contribution in [2.45, 2.75) is 32.4 Å². The molecule has 1 aromatic rings. The molecule has 1 aromatic carbocycles. The summed E-state index contributed by atoms with van der Waals surface area (Å²) in [4.78, 5) is 13.7. The van der Waals surface area contributed by atoms with E-state index in [4.69, 9.17) is 17.3 Å². The van der Waals surface area contributed by atoms with Crippen molar-refractivity contribution in [1.82, 2.24) is 5.32 Å². The van der Waals surface area contributed by atoms with Gasteiger partial charge in [-0.25, -0.2) is 0 Å². The van der Waals surface area contributed by atoms with E-state index in [9.17, 15) is 4.79 Å². The van der Waals surface area contributed by atoms with Crippen molar-refractivity contribution < 1.29 is 4.79 Å². The summed E-state index contributed by atoms with van der Waals surface area (Å²) in [5, 5.41) is 3.89. The van der Waals surface area contributed by atoms with Gasteiger partial charge in [0.1, 0.15) is 0 Å². The molecule has 0 aromatic heterocycles. The number of rotatable bonds is 4. The van der Waals surface area contributed by atoms with Gasteiger partial charge in [-0.2, -0.15) is 0 Å². The van der Waals surface area contributed by atoms with E-state index in [0.717, 1.165) is 35.7 Å². The summed E-state index contributed by atoms with van der Waals surface area (Å²) in [5.74, 6) is -0.268. The number of halogens is 1. The number of amides is 1. The van der Waals surface area contributed by atoms with E-state index >= 15 is 0 Å². The fraction of sp³-hybridized carbons (Fsp3) is 0.533. The van der Waals surface area contributed by atoms with Crippen LogP contribution >= 0.6 is 11.6 Å². The highest BCUT2D eigenvalue weighted by Gasteiger charge is 2.29. The predicted molar refractivity (Wildman–Crippen MR) is 82.9 cm³/mol. The van der Waals surface area contributed by atoms with Crippen LogP contribution in [0.4, 0.5) is 5.69 Å². The second-order valence-electron chi connectivity index (χ2n) is 5.48. The van der Waals surface area contributed by atoms with E-state index in [1.165, 1.54) is 0 Å². The molecule has 0 saturated carbocycles. The standard InChI is InChI=1S/C15H22ClN3O/c1-10-3-4-11(15(17)20)9-19(10)14-6-5-13(16)7-12(14)8-18-2/h5-7,10-11,18H,3-4,8-9H2,1-2H3,(H2,17,20). The zero-order valence-electron chi connectivity index (χ0n) is 12.0. The highest BCUT2D eigenvalue weighted by Crippen LogP contribution is 2.31. The van der Waals surface area contributed by atoms with Gasteiger partial charge in [0.2, 0.25) is 5.91 Å². The van der Waals surface area contributed by atoms with Crippen LogP contribution in [-0.2, 0) is 11.3 Å². The molecular weight excluding hydrogens is 274 g/mol. The van der Waals surface area contributed by atoms with Gasteiger partial charge in [0, 0.05) is 29.8 Å². The van der Waals surface area contributed by atoms with Crippen molar-refractivity contribution in [3.05, 3.63) is 28.8 Å². The van der Waals surface area contributed by atoms with Crippen LogP contribution in [-0.4, -0.2) is 25.5 Å². The molecule has 110 valence electrons. The van der Waals surface area contributed by atoms with Crippen molar-refractivity contribution in [3.8, 4) is 0 Å². The molecule has 2 unspecified atom stereocenters. The third-order valence-electron chi connectivity index (χ3n) is 4.00.